The highest BCUT2D eigenvalue weighted by molar-refractivity contribution is 6.34. The Labute approximate surface area is 149 Å². The average Bonchev–Trinajstić information content (AvgIpc) is 2.81. The SMILES string of the molecule is CC1(C)Oc2ccc(NC(=O)COc3cc(Cl)ccc3Cl)cc2O1. The molecule has 0 radical (unpaired) electrons. The van der Waals surface area contributed by atoms with E-state index in [4.69, 9.17) is 37.4 Å². The van der Waals surface area contributed by atoms with Crippen molar-refractivity contribution in [2.75, 3.05) is 11.9 Å². The zero-order chi connectivity index (χ0) is 17.3. The van der Waals surface area contributed by atoms with Gasteiger partial charge in [0, 0.05) is 36.7 Å². The molecule has 7 heteroatoms. The van der Waals surface area contributed by atoms with Crippen LogP contribution in [0, 0.1) is 0 Å². The molecule has 5 nitrogen and oxygen atoms in total. The largest absolute Gasteiger partial charge is 0.482 e. The summed E-state index contributed by atoms with van der Waals surface area (Å²) in [6, 6.07) is 9.98. The number of carbonyl (C=O) groups excluding carboxylic acids is 1. The van der Waals surface area contributed by atoms with Crippen LogP contribution in [0.4, 0.5) is 5.69 Å². The van der Waals surface area contributed by atoms with E-state index in [1.807, 2.05) is 13.8 Å². The van der Waals surface area contributed by atoms with Crippen molar-refractivity contribution in [1.29, 1.82) is 0 Å². The number of nitrogens with one attached hydrogen (secondary N) is 1. The first-order valence-corrected chi connectivity index (χ1v) is 7.98. The van der Waals surface area contributed by atoms with Gasteiger partial charge >= 0.3 is 0 Å². The molecule has 24 heavy (non-hydrogen) atoms. The van der Waals surface area contributed by atoms with E-state index < -0.39 is 5.79 Å². The van der Waals surface area contributed by atoms with Crippen LogP contribution in [0.5, 0.6) is 17.2 Å². The van der Waals surface area contributed by atoms with E-state index in [0.29, 0.717) is 33.0 Å². The number of anilines is 1. The molecule has 0 aliphatic carbocycles. The van der Waals surface area contributed by atoms with Gasteiger partial charge in [-0.25, -0.2) is 0 Å². The maximum absolute atomic E-state index is 12.0. The van der Waals surface area contributed by atoms with Crippen LogP contribution in [0.3, 0.4) is 0 Å². The van der Waals surface area contributed by atoms with Gasteiger partial charge in [0.25, 0.3) is 5.91 Å². The number of fused-ring (bicyclic) bond motifs is 1. The first kappa shape index (κ1) is 16.7. The minimum atomic E-state index is -0.711. The molecule has 0 bridgehead atoms. The van der Waals surface area contributed by atoms with E-state index in [-0.39, 0.29) is 12.5 Å². The van der Waals surface area contributed by atoms with Crippen LogP contribution in [0.1, 0.15) is 13.8 Å². The maximum atomic E-state index is 12.0. The lowest BCUT2D eigenvalue weighted by atomic mass is 10.3. The number of rotatable bonds is 4. The summed E-state index contributed by atoms with van der Waals surface area (Å²) in [7, 11) is 0. The van der Waals surface area contributed by atoms with E-state index >= 15 is 0 Å². The summed E-state index contributed by atoms with van der Waals surface area (Å²) >= 11 is 11.9. The maximum Gasteiger partial charge on any atom is 0.262 e. The van der Waals surface area contributed by atoms with Crippen molar-refractivity contribution in [2.45, 2.75) is 19.6 Å². The second kappa shape index (κ2) is 6.42. The van der Waals surface area contributed by atoms with Crippen LogP contribution in [0.2, 0.25) is 10.0 Å². The van der Waals surface area contributed by atoms with Crippen molar-refractivity contribution < 1.29 is 19.0 Å². The van der Waals surface area contributed by atoms with Crippen molar-refractivity contribution in [2.24, 2.45) is 0 Å². The Morgan fingerprint density at radius 3 is 2.67 bits per heavy atom. The molecule has 0 fully saturated rings. The quantitative estimate of drug-likeness (QED) is 0.862. The molecule has 1 N–H and O–H groups in total. The third-order valence-electron chi connectivity index (χ3n) is 3.19. The summed E-state index contributed by atoms with van der Waals surface area (Å²) in [5.74, 6) is 0.532. The Balaban J connectivity index is 1.61. The summed E-state index contributed by atoms with van der Waals surface area (Å²) in [5.41, 5.74) is 0.584. The standard InChI is InChI=1S/C17H15Cl2NO4/c1-17(2)23-13-6-4-11(8-15(13)24-17)20-16(21)9-22-14-7-10(18)3-5-12(14)19/h3-8H,9H2,1-2H3,(H,20,21). The number of carbonyl (C=O) groups is 1. The Bertz CT molecular complexity index is 792. The molecule has 126 valence electrons. The van der Waals surface area contributed by atoms with Crippen molar-refractivity contribution in [3.05, 3.63) is 46.4 Å². The van der Waals surface area contributed by atoms with Crippen molar-refractivity contribution in [3.63, 3.8) is 0 Å². The Kier molecular flexibility index (Phi) is 4.47. The van der Waals surface area contributed by atoms with Gasteiger partial charge in [0.15, 0.2) is 18.1 Å². The second-order valence-electron chi connectivity index (χ2n) is 5.68. The predicted octanol–water partition coefficient (Wildman–Crippen LogP) is 4.52. The number of amides is 1. The van der Waals surface area contributed by atoms with Gasteiger partial charge in [0.05, 0.1) is 5.02 Å². The third kappa shape index (κ3) is 3.86. The normalized spacial score (nSPS) is 14.3. The molecule has 1 heterocycles. The van der Waals surface area contributed by atoms with Gasteiger partial charge < -0.3 is 19.5 Å². The molecule has 0 aromatic heterocycles. The molecule has 0 saturated carbocycles. The molecule has 1 amide bonds. The third-order valence-corrected chi connectivity index (χ3v) is 3.74. The lowest BCUT2D eigenvalue weighted by Gasteiger charge is -2.16. The summed E-state index contributed by atoms with van der Waals surface area (Å²) in [5, 5.41) is 3.59. The smallest absolute Gasteiger partial charge is 0.262 e. The van der Waals surface area contributed by atoms with Gasteiger partial charge in [-0.3, -0.25) is 4.79 Å². The molecular weight excluding hydrogens is 353 g/mol. The van der Waals surface area contributed by atoms with Crippen LogP contribution in [0.15, 0.2) is 36.4 Å². The molecule has 2 aromatic carbocycles. The molecule has 0 atom stereocenters. The van der Waals surface area contributed by atoms with Gasteiger partial charge in [0.1, 0.15) is 5.75 Å². The average molecular weight is 368 g/mol. The minimum absolute atomic E-state index is 0.194. The van der Waals surface area contributed by atoms with Gasteiger partial charge in [0.2, 0.25) is 5.79 Å². The number of benzene rings is 2. The van der Waals surface area contributed by atoms with E-state index in [9.17, 15) is 4.79 Å². The molecule has 1 aliphatic rings. The monoisotopic (exact) mass is 367 g/mol. The molecule has 0 spiro atoms. The van der Waals surface area contributed by atoms with Crippen LogP contribution < -0.4 is 19.5 Å². The predicted molar refractivity (Wildman–Crippen MR) is 92.4 cm³/mol. The molecule has 0 saturated heterocycles. The second-order valence-corrected chi connectivity index (χ2v) is 6.52. The number of hydrogen-bond donors (Lipinski definition) is 1. The zero-order valence-corrected chi connectivity index (χ0v) is 14.6. The topological polar surface area (TPSA) is 56.8 Å². The summed E-state index contributed by atoms with van der Waals surface area (Å²) in [4.78, 5) is 12.0. The number of ether oxygens (including phenoxy) is 3. The van der Waals surface area contributed by atoms with E-state index in [1.54, 1.807) is 36.4 Å². The van der Waals surface area contributed by atoms with Gasteiger partial charge in [-0.05, 0) is 24.3 Å². The van der Waals surface area contributed by atoms with E-state index in [2.05, 4.69) is 5.32 Å². The minimum Gasteiger partial charge on any atom is -0.482 e. The van der Waals surface area contributed by atoms with Crippen LogP contribution in [-0.4, -0.2) is 18.3 Å². The molecule has 0 unspecified atom stereocenters. The fourth-order valence-corrected chi connectivity index (χ4v) is 2.56. The number of halogens is 2. The zero-order valence-electron chi connectivity index (χ0n) is 13.1. The first-order valence-electron chi connectivity index (χ1n) is 7.22. The van der Waals surface area contributed by atoms with E-state index in [1.165, 1.54) is 0 Å². The lowest BCUT2D eigenvalue weighted by Crippen LogP contribution is -2.29. The highest BCUT2D eigenvalue weighted by atomic mass is 35.5. The molecule has 2 aromatic rings. The highest BCUT2D eigenvalue weighted by Crippen LogP contribution is 2.40. The van der Waals surface area contributed by atoms with Crippen LogP contribution in [0.25, 0.3) is 0 Å². The highest BCUT2D eigenvalue weighted by Gasteiger charge is 2.31. The van der Waals surface area contributed by atoms with Crippen molar-refractivity contribution in [3.8, 4) is 17.2 Å². The molecule has 1 aliphatic heterocycles. The van der Waals surface area contributed by atoms with Gasteiger partial charge in [-0.2, -0.15) is 0 Å². The Morgan fingerprint density at radius 2 is 1.88 bits per heavy atom. The van der Waals surface area contributed by atoms with Gasteiger partial charge in [-0.1, -0.05) is 23.2 Å². The van der Waals surface area contributed by atoms with Crippen molar-refractivity contribution in [1.82, 2.24) is 0 Å². The number of hydrogen-bond acceptors (Lipinski definition) is 4. The van der Waals surface area contributed by atoms with Crippen LogP contribution >= 0.6 is 23.2 Å². The lowest BCUT2D eigenvalue weighted by molar-refractivity contribution is -0.118. The van der Waals surface area contributed by atoms with Crippen molar-refractivity contribution >= 4 is 34.8 Å². The molecular formula is C17H15Cl2NO4. The molecule has 3 rings (SSSR count). The summed E-state index contributed by atoms with van der Waals surface area (Å²) in [6.07, 6.45) is 0. The van der Waals surface area contributed by atoms with Crippen LogP contribution in [-0.2, 0) is 4.79 Å². The fourth-order valence-electron chi connectivity index (χ4n) is 2.23. The first-order chi connectivity index (χ1) is 11.3. The Hall–Kier alpha value is -2.11. The summed E-state index contributed by atoms with van der Waals surface area (Å²) < 4.78 is 16.6. The summed E-state index contributed by atoms with van der Waals surface area (Å²) in [6.45, 7) is 3.43. The Morgan fingerprint density at radius 1 is 1.12 bits per heavy atom. The van der Waals surface area contributed by atoms with Gasteiger partial charge in [-0.15, -0.1) is 0 Å². The fraction of sp³-hybridized carbons (Fsp3) is 0.235. The van der Waals surface area contributed by atoms with E-state index in [0.717, 1.165) is 0 Å².